The molecule has 2 aliphatic rings. The molecule has 2 fully saturated rings. The highest BCUT2D eigenvalue weighted by Gasteiger charge is 2.38. The summed E-state index contributed by atoms with van der Waals surface area (Å²) in [4.78, 5) is 39.3. The lowest BCUT2D eigenvalue weighted by Gasteiger charge is -2.36. The number of nitro benzene ring substituents is 1. The lowest BCUT2D eigenvalue weighted by molar-refractivity contribution is -0.384. The van der Waals surface area contributed by atoms with Crippen LogP contribution in [0.2, 0.25) is 0 Å². The van der Waals surface area contributed by atoms with E-state index in [0.717, 1.165) is 12.3 Å². The zero-order valence-electron chi connectivity index (χ0n) is 17.4. The number of nitrogens with zero attached hydrogens (tertiary/aromatic N) is 4. The van der Waals surface area contributed by atoms with Crippen LogP contribution in [0, 0.1) is 15.9 Å². The molecule has 0 radical (unpaired) electrons. The number of hydrogen-bond donors (Lipinski definition) is 2. The number of halogens is 1. The van der Waals surface area contributed by atoms with E-state index in [2.05, 4.69) is 4.90 Å². The van der Waals surface area contributed by atoms with Crippen LogP contribution >= 0.6 is 0 Å². The quantitative estimate of drug-likeness (QED) is 0.207. The molecule has 1 saturated heterocycles. The number of nitro groups is 1. The Kier molecular flexibility index (Phi) is 6.44. The maximum absolute atomic E-state index is 15.1. The van der Waals surface area contributed by atoms with Gasteiger partial charge in [0.15, 0.2) is 11.4 Å². The van der Waals surface area contributed by atoms with Gasteiger partial charge in [-0.15, -0.1) is 0 Å². The number of carbonyl (C=O) groups is 2. The second-order valence-corrected chi connectivity index (χ2v) is 7.75. The Morgan fingerprint density at radius 2 is 1.84 bits per heavy atom. The summed E-state index contributed by atoms with van der Waals surface area (Å²) < 4.78 is 15.1. The summed E-state index contributed by atoms with van der Waals surface area (Å²) >= 11 is 0. The number of aliphatic carboxylic acids is 2. The Hall–Kier alpha value is -3.21. The van der Waals surface area contributed by atoms with Gasteiger partial charge in [-0.1, -0.05) is 6.92 Å². The monoisotopic (exact) mass is 436 g/mol. The van der Waals surface area contributed by atoms with Crippen molar-refractivity contribution in [2.75, 3.05) is 43.0 Å². The molecule has 10 nitrogen and oxygen atoms in total. The van der Waals surface area contributed by atoms with Crippen molar-refractivity contribution in [3.8, 4) is 0 Å². The summed E-state index contributed by atoms with van der Waals surface area (Å²) in [5.41, 5.74) is -0.735. The van der Waals surface area contributed by atoms with E-state index in [1.165, 1.54) is 4.90 Å². The Morgan fingerprint density at radius 1 is 1.26 bits per heavy atom. The van der Waals surface area contributed by atoms with Gasteiger partial charge >= 0.3 is 11.9 Å². The van der Waals surface area contributed by atoms with E-state index in [1.54, 1.807) is 6.92 Å². The van der Waals surface area contributed by atoms with Crippen molar-refractivity contribution in [2.45, 2.75) is 32.2 Å². The van der Waals surface area contributed by atoms with Gasteiger partial charge in [-0.3, -0.25) is 10.1 Å². The standard InChI is InChI=1S/C20H25FN4O6/c1-3-13-17(23-8-6-22(2)7-9-23)15(21)10-16(25(30)31)18(13)24(12-4-5-12)11-14(19(26)27)20(28)29/h10-12H,3-9H2,1-2H3,(H,26,27)(H,28,29). The molecular formula is C20H25FN4O6. The van der Waals surface area contributed by atoms with Crippen LogP contribution in [-0.2, 0) is 16.0 Å². The lowest BCUT2D eigenvalue weighted by atomic mass is 10.0. The molecule has 0 spiro atoms. The highest BCUT2D eigenvalue weighted by atomic mass is 19.1. The van der Waals surface area contributed by atoms with Crippen LogP contribution < -0.4 is 9.80 Å². The Bertz CT molecular complexity index is 922. The predicted octanol–water partition coefficient (Wildman–Crippen LogP) is 2.07. The van der Waals surface area contributed by atoms with E-state index >= 15 is 4.39 Å². The summed E-state index contributed by atoms with van der Waals surface area (Å²) in [6, 6.07) is 0.565. The van der Waals surface area contributed by atoms with Crippen molar-refractivity contribution >= 4 is 29.0 Å². The maximum atomic E-state index is 15.1. The molecule has 0 aromatic heterocycles. The molecule has 0 amide bonds. The first-order chi connectivity index (χ1) is 14.6. The molecule has 1 heterocycles. The number of piperazine rings is 1. The van der Waals surface area contributed by atoms with Crippen LogP contribution in [0.1, 0.15) is 25.3 Å². The first-order valence-corrected chi connectivity index (χ1v) is 10.1. The number of rotatable bonds is 8. The van der Waals surface area contributed by atoms with Crippen molar-refractivity contribution < 1.29 is 29.1 Å². The molecule has 0 unspecified atom stereocenters. The van der Waals surface area contributed by atoms with Crippen LogP contribution in [0.4, 0.5) is 21.5 Å². The van der Waals surface area contributed by atoms with Crippen molar-refractivity contribution in [2.24, 2.45) is 0 Å². The molecule has 0 atom stereocenters. The second-order valence-electron chi connectivity index (χ2n) is 7.75. The van der Waals surface area contributed by atoms with E-state index in [-0.39, 0.29) is 23.8 Å². The van der Waals surface area contributed by atoms with Crippen molar-refractivity contribution in [1.29, 1.82) is 0 Å². The average molecular weight is 436 g/mol. The van der Waals surface area contributed by atoms with Gasteiger partial charge in [0, 0.05) is 44.0 Å². The van der Waals surface area contributed by atoms with Crippen molar-refractivity contribution in [3.63, 3.8) is 0 Å². The second kappa shape index (κ2) is 8.88. The molecule has 1 aliphatic carbocycles. The number of carboxylic acids is 2. The molecule has 11 heteroatoms. The molecule has 168 valence electrons. The molecule has 1 aromatic carbocycles. The van der Waals surface area contributed by atoms with Crippen LogP contribution in [0.15, 0.2) is 17.8 Å². The fourth-order valence-corrected chi connectivity index (χ4v) is 3.85. The molecular weight excluding hydrogens is 411 g/mol. The number of carboxylic acid groups (broad SMARTS) is 2. The number of anilines is 2. The molecule has 0 bridgehead atoms. The van der Waals surface area contributed by atoms with Gasteiger partial charge < -0.3 is 24.9 Å². The Morgan fingerprint density at radius 3 is 2.29 bits per heavy atom. The third kappa shape index (κ3) is 4.61. The molecule has 1 aliphatic heterocycles. The Balaban J connectivity index is 2.24. The minimum absolute atomic E-state index is 0.0605. The van der Waals surface area contributed by atoms with E-state index in [1.807, 2.05) is 11.9 Å². The van der Waals surface area contributed by atoms with E-state index in [9.17, 15) is 29.9 Å². The van der Waals surface area contributed by atoms with Gasteiger partial charge in [0.2, 0.25) is 0 Å². The van der Waals surface area contributed by atoms with Gasteiger partial charge in [-0.25, -0.2) is 14.0 Å². The topological polar surface area (TPSA) is 127 Å². The number of hydrogen-bond acceptors (Lipinski definition) is 7. The molecule has 1 aromatic rings. The fraction of sp³-hybridized carbons (Fsp3) is 0.500. The number of likely N-dealkylation sites (N-methyl/N-ethyl adjacent to an activating group) is 1. The minimum Gasteiger partial charge on any atom is -0.477 e. The van der Waals surface area contributed by atoms with Crippen LogP contribution in [0.5, 0.6) is 0 Å². The predicted molar refractivity (Wildman–Crippen MR) is 111 cm³/mol. The SMILES string of the molecule is CCc1c(N2CCN(C)CC2)c(F)cc([N+](=O)[O-])c1N(C=C(C(=O)O)C(=O)O)C1CC1. The van der Waals surface area contributed by atoms with E-state index < -0.39 is 33.9 Å². The van der Waals surface area contributed by atoms with Crippen molar-refractivity contribution in [3.05, 3.63) is 39.3 Å². The lowest BCUT2D eigenvalue weighted by Crippen LogP contribution is -2.45. The first kappa shape index (κ1) is 22.5. The summed E-state index contributed by atoms with van der Waals surface area (Å²) in [6.45, 7) is 4.21. The number of benzene rings is 1. The third-order valence-electron chi connectivity index (χ3n) is 5.60. The average Bonchev–Trinajstić information content (AvgIpc) is 3.53. The van der Waals surface area contributed by atoms with Gasteiger partial charge in [-0.05, 0) is 26.3 Å². The summed E-state index contributed by atoms with van der Waals surface area (Å²) in [6.07, 6.45) is 2.41. The molecule has 3 rings (SSSR count). The third-order valence-corrected chi connectivity index (χ3v) is 5.60. The fourth-order valence-electron chi connectivity index (χ4n) is 3.85. The van der Waals surface area contributed by atoms with Gasteiger partial charge in [0.1, 0.15) is 5.69 Å². The van der Waals surface area contributed by atoms with Gasteiger partial charge in [0.25, 0.3) is 5.69 Å². The summed E-state index contributed by atoms with van der Waals surface area (Å²) in [5, 5.41) is 30.4. The zero-order chi connectivity index (χ0) is 22.9. The van der Waals surface area contributed by atoms with Crippen LogP contribution in [0.3, 0.4) is 0 Å². The summed E-state index contributed by atoms with van der Waals surface area (Å²) in [7, 11) is 1.95. The zero-order valence-corrected chi connectivity index (χ0v) is 17.4. The molecule has 31 heavy (non-hydrogen) atoms. The minimum atomic E-state index is -1.65. The van der Waals surface area contributed by atoms with Crippen molar-refractivity contribution in [1.82, 2.24) is 4.90 Å². The highest BCUT2D eigenvalue weighted by molar-refractivity contribution is 6.12. The normalized spacial score (nSPS) is 16.7. The van der Waals surface area contributed by atoms with E-state index in [0.29, 0.717) is 44.6 Å². The van der Waals surface area contributed by atoms with Crippen LogP contribution in [0.25, 0.3) is 0 Å². The largest absolute Gasteiger partial charge is 0.477 e. The first-order valence-electron chi connectivity index (χ1n) is 10.1. The molecule has 1 saturated carbocycles. The smallest absolute Gasteiger partial charge is 0.344 e. The Labute approximate surface area is 178 Å². The van der Waals surface area contributed by atoms with Crippen LogP contribution in [-0.4, -0.2) is 71.2 Å². The maximum Gasteiger partial charge on any atom is 0.344 e. The molecule has 2 N–H and O–H groups in total. The summed E-state index contributed by atoms with van der Waals surface area (Å²) in [5.74, 6) is -4.02. The van der Waals surface area contributed by atoms with Gasteiger partial charge in [-0.2, -0.15) is 0 Å². The highest BCUT2D eigenvalue weighted by Crippen LogP contribution is 2.45. The van der Waals surface area contributed by atoms with Gasteiger partial charge in [0.05, 0.1) is 16.7 Å². The van der Waals surface area contributed by atoms with E-state index in [4.69, 9.17) is 0 Å².